The molecule has 0 unspecified atom stereocenters. The normalized spacial score (nSPS) is 10.5. The van der Waals surface area contributed by atoms with Crippen molar-refractivity contribution in [2.24, 2.45) is 0 Å². The van der Waals surface area contributed by atoms with Gasteiger partial charge in [-0.15, -0.1) is 0 Å². The first kappa shape index (κ1) is 13.6. The number of halogens is 1. The zero-order valence-corrected chi connectivity index (χ0v) is 12.2. The first-order valence-electron chi connectivity index (χ1n) is 5.49. The van der Waals surface area contributed by atoms with Gasteiger partial charge in [0.1, 0.15) is 5.75 Å². The van der Waals surface area contributed by atoms with Gasteiger partial charge in [0.05, 0.1) is 12.7 Å². The van der Waals surface area contributed by atoms with Crippen LogP contribution in [0.1, 0.15) is 21.6 Å². The summed E-state index contributed by atoms with van der Waals surface area (Å²) >= 11 is 3.46. The van der Waals surface area contributed by atoms with Crippen LogP contribution in [-0.2, 0) is 0 Å². The van der Waals surface area contributed by atoms with Gasteiger partial charge in [-0.1, -0.05) is 21.1 Å². The summed E-state index contributed by atoms with van der Waals surface area (Å²) in [7, 11) is 1.56. The number of nitrogens with zero attached hydrogens (tertiary/aromatic N) is 1. The van der Waals surface area contributed by atoms with Crippen LogP contribution < -0.4 is 4.74 Å². The standard InChI is InChI=1S/C13H12BrNO4/c1-6-4-8(14)7(2)11(12(6)18-3)10-5-9(13(16)17)15-19-10/h4-5H,1-3H3,(H,16,17). The molecule has 19 heavy (non-hydrogen) atoms. The second-order valence-electron chi connectivity index (χ2n) is 4.09. The van der Waals surface area contributed by atoms with Gasteiger partial charge in [0.15, 0.2) is 11.5 Å². The topological polar surface area (TPSA) is 72.6 Å². The Labute approximate surface area is 118 Å². The van der Waals surface area contributed by atoms with Gasteiger partial charge >= 0.3 is 5.97 Å². The van der Waals surface area contributed by atoms with Crippen molar-refractivity contribution in [1.82, 2.24) is 5.16 Å². The van der Waals surface area contributed by atoms with Gasteiger partial charge in [-0.05, 0) is 31.0 Å². The first-order chi connectivity index (χ1) is 8.95. The van der Waals surface area contributed by atoms with E-state index in [4.69, 9.17) is 14.4 Å². The summed E-state index contributed by atoms with van der Waals surface area (Å²) in [6.07, 6.45) is 0. The number of ether oxygens (including phenoxy) is 1. The molecule has 0 radical (unpaired) electrons. The molecular formula is C13H12BrNO4. The monoisotopic (exact) mass is 325 g/mol. The first-order valence-corrected chi connectivity index (χ1v) is 6.29. The number of carboxylic acids is 1. The molecule has 2 rings (SSSR count). The number of rotatable bonds is 3. The van der Waals surface area contributed by atoms with Gasteiger partial charge in [-0.3, -0.25) is 0 Å². The van der Waals surface area contributed by atoms with Crippen LogP contribution in [0, 0.1) is 13.8 Å². The number of aromatic nitrogens is 1. The highest BCUT2D eigenvalue weighted by Gasteiger charge is 2.20. The van der Waals surface area contributed by atoms with Crippen LogP contribution in [0.15, 0.2) is 21.1 Å². The maximum absolute atomic E-state index is 10.9. The van der Waals surface area contributed by atoms with Gasteiger partial charge in [0.25, 0.3) is 0 Å². The van der Waals surface area contributed by atoms with Crippen LogP contribution in [0.2, 0.25) is 0 Å². The van der Waals surface area contributed by atoms with E-state index in [-0.39, 0.29) is 5.69 Å². The molecule has 0 amide bonds. The Hall–Kier alpha value is -1.82. The van der Waals surface area contributed by atoms with E-state index in [0.717, 1.165) is 15.6 Å². The average molecular weight is 326 g/mol. The molecule has 0 saturated heterocycles. The predicted octanol–water partition coefficient (Wildman–Crippen LogP) is 3.43. The molecule has 0 fully saturated rings. The van der Waals surface area contributed by atoms with Gasteiger partial charge in [-0.2, -0.15) is 0 Å². The molecule has 6 heteroatoms. The number of aromatic carboxylic acids is 1. The lowest BCUT2D eigenvalue weighted by molar-refractivity contribution is 0.0686. The third kappa shape index (κ3) is 2.35. The summed E-state index contributed by atoms with van der Waals surface area (Å²) in [5, 5.41) is 12.4. The van der Waals surface area contributed by atoms with E-state index < -0.39 is 5.97 Å². The van der Waals surface area contributed by atoms with E-state index in [2.05, 4.69) is 21.1 Å². The van der Waals surface area contributed by atoms with Crippen molar-refractivity contribution in [3.8, 4) is 17.1 Å². The van der Waals surface area contributed by atoms with Crippen molar-refractivity contribution in [3.63, 3.8) is 0 Å². The molecule has 0 aliphatic carbocycles. The fraction of sp³-hybridized carbons (Fsp3) is 0.231. The highest BCUT2D eigenvalue weighted by atomic mass is 79.9. The van der Waals surface area contributed by atoms with E-state index in [1.165, 1.54) is 6.07 Å². The number of benzene rings is 1. The molecule has 0 aliphatic heterocycles. The fourth-order valence-electron chi connectivity index (χ4n) is 1.90. The van der Waals surface area contributed by atoms with Gasteiger partial charge in [0, 0.05) is 10.5 Å². The largest absolute Gasteiger partial charge is 0.496 e. The molecule has 1 N–H and O–H groups in total. The molecule has 2 aromatic rings. The minimum atomic E-state index is -1.13. The summed E-state index contributed by atoms with van der Waals surface area (Å²) < 4.78 is 11.4. The van der Waals surface area contributed by atoms with Crippen LogP contribution in [0.5, 0.6) is 5.75 Å². The third-order valence-corrected chi connectivity index (χ3v) is 3.67. The number of carboxylic acid groups (broad SMARTS) is 1. The molecule has 0 aliphatic rings. The van der Waals surface area contributed by atoms with Crippen LogP contribution in [0.25, 0.3) is 11.3 Å². The van der Waals surface area contributed by atoms with E-state index in [0.29, 0.717) is 17.1 Å². The molecule has 0 spiro atoms. The molecule has 1 aromatic heterocycles. The van der Waals surface area contributed by atoms with Gasteiger partial charge in [0.2, 0.25) is 0 Å². The Bertz CT molecular complexity index is 648. The number of methoxy groups -OCH3 is 1. The zero-order valence-electron chi connectivity index (χ0n) is 10.7. The summed E-state index contributed by atoms with van der Waals surface area (Å²) in [5.74, 6) is -0.108. The maximum Gasteiger partial charge on any atom is 0.358 e. The molecule has 5 nitrogen and oxygen atoms in total. The molecule has 1 aromatic carbocycles. The summed E-state index contributed by atoms with van der Waals surface area (Å²) in [6, 6.07) is 3.32. The van der Waals surface area contributed by atoms with Crippen molar-refractivity contribution in [3.05, 3.63) is 33.4 Å². The Balaban J connectivity index is 2.69. The Kier molecular flexibility index (Phi) is 3.61. The van der Waals surface area contributed by atoms with Crippen molar-refractivity contribution < 1.29 is 19.2 Å². The molecule has 1 heterocycles. The van der Waals surface area contributed by atoms with Crippen molar-refractivity contribution in [2.75, 3.05) is 7.11 Å². The third-order valence-electron chi connectivity index (χ3n) is 2.84. The van der Waals surface area contributed by atoms with Crippen molar-refractivity contribution >= 4 is 21.9 Å². The maximum atomic E-state index is 10.9. The minimum absolute atomic E-state index is 0.130. The van der Waals surface area contributed by atoms with Gasteiger partial charge in [-0.25, -0.2) is 4.79 Å². The number of hydrogen-bond acceptors (Lipinski definition) is 4. The Morgan fingerprint density at radius 1 is 1.42 bits per heavy atom. The SMILES string of the molecule is COc1c(C)cc(Br)c(C)c1-c1cc(C(=O)O)no1. The number of carbonyl (C=O) groups is 1. The summed E-state index contributed by atoms with van der Waals surface area (Å²) in [5.41, 5.74) is 2.39. The number of aryl methyl sites for hydroxylation is 1. The molecular weight excluding hydrogens is 314 g/mol. The van der Waals surface area contributed by atoms with E-state index in [1.54, 1.807) is 7.11 Å². The van der Waals surface area contributed by atoms with Crippen molar-refractivity contribution in [2.45, 2.75) is 13.8 Å². The molecule has 0 bridgehead atoms. The van der Waals surface area contributed by atoms with E-state index in [1.807, 2.05) is 19.9 Å². The molecule has 0 saturated carbocycles. The second-order valence-corrected chi connectivity index (χ2v) is 4.94. The van der Waals surface area contributed by atoms with Crippen LogP contribution in [-0.4, -0.2) is 23.3 Å². The fourth-order valence-corrected chi connectivity index (χ4v) is 2.45. The highest BCUT2D eigenvalue weighted by Crippen LogP contribution is 2.39. The Morgan fingerprint density at radius 2 is 2.11 bits per heavy atom. The highest BCUT2D eigenvalue weighted by molar-refractivity contribution is 9.10. The smallest absolute Gasteiger partial charge is 0.358 e. The van der Waals surface area contributed by atoms with E-state index >= 15 is 0 Å². The lowest BCUT2D eigenvalue weighted by atomic mass is 10.0. The van der Waals surface area contributed by atoms with E-state index in [9.17, 15) is 4.79 Å². The lowest BCUT2D eigenvalue weighted by Crippen LogP contribution is -1.96. The average Bonchev–Trinajstić information content (AvgIpc) is 2.82. The molecule has 0 atom stereocenters. The van der Waals surface area contributed by atoms with Crippen LogP contribution in [0.4, 0.5) is 0 Å². The zero-order chi connectivity index (χ0) is 14.2. The number of hydrogen-bond donors (Lipinski definition) is 1. The second kappa shape index (κ2) is 5.05. The summed E-state index contributed by atoms with van der Waals surface area (Å²) in [6.45, 7) is 3.80. The van der Waals surface area contributed by atoms with Gasteiger partial charge < -0.3 is 14.4 Å². The lowest BCUT2D eigenvalue weighted by Gasteiger charge is -2.13. The predicted molar refractivity (Wildman–Crippen MR) is 72.6 cm³/mol. The van der Waals surface area contributed by atoms with Crippen LogP contribution in [0.3, 0.4) is 0 Å². The van der Waals surface area contributed by atoms with Crippen LogP contribution >= 0.6 is 15.9 Å². The Morgan fingerprint density at radius 3 is 2.63 bits per heavy atom. The summed E-state index contributed by atoms with van der Waals surface area (Å²) in [4.78, 5) is 10.9. The quantitative estimate of drug-likeness (QED) is 0.935. The minimum Gasteiger partial charge on any atom is -0.496 e. The molecule has 100 valence electrons. The van der Waals surface area contributed by atoms with Crippen molar-refractivity contribution in [1.29, 1.82) is 0 Å².